The topological polar surface area (TPSA) is 94.5 Å². The normalized spacial score (nSPS) is 11.1. The minimum absolute atomic E-state index is 0.196. The minimum Gasteiger partial charge on any atom is -0.482 e. The molecule has 2 N–H and O–H groups in total. The first-order chi connectivity index (χ1) is 15.7. The monoisotopic (exact) mass is 470 g/mol. The first kappa shape index (κ1) is 24.1. The van der Waals surface area contributed by atoms with E-state index in [1.165, 1.54) is 0 Å². The predicted molar refractivity (Wildman–Crippen MR) is 128 cm³/mol. The minimum atomic E-state index is -0.446. The number of benzene rings is 2. The number of rotatable bonds is 7. The van der Waals surface area contributed by atoms with Gasteiger partial charge in [0.25, 0.3) is 0 Å². The maximum absolute atomic E-state index is 12.6. The molecule has 2 aromatic carbocycles. The van der Waals surface area contributed by atoms with E-state index in [-0.39, 0.29) is 18.6 Å². The summed E-state index contributed by atoms with van der Waals surface area (Å²) in [6, 6.07) is 15.3. The van der Waals surface area contributed by atoms with Crippen LogP contribution >= 0.6 is 11.6 Å². The fourth-order valence-corrected chi connectivity index (χ4v) is 3.02. The summed E-state index contributed by atoms with van der Waals surface area (Å²) in [5.74, 6) is 0.511. The summed E-state index contributed by atoms with van der Waals surface area (Å²) < 4.78 is 12.1. The number of ether oxygens (including phenoxy) is 2. The van der Waals surface area contributed by atoms with Gasteiger partial charge in [0.05, 0.1) is 18.0 Å². The van der Waals surface area contributed by atoms with Crippen LogP contribution in [0.15, 0.2) is 54.6 Å². The molecule has 3 rings (SSSR count). The molecule has 0 saturated carbocycles. The molecule has 3 aromatic rings. The number of amides is 2. The van der Waals surface area contributed by atoms with Crippen molar-refractivity contribution in [3.8, 4) is 11.4 Å². The molecule has 9 heteroatoms. The van der Waals surface area contributed by atoms with Crippen LogP contribution in [0.2, 0.25) is 5.02 Å². The number of halogens is 1. The van der Waals surface area contributed by atoms with Crippen molar-refractivity contribution in [1.82, 2.24) is 9.78 Å². The maximum Gasteiger partial charge on any atom is 0.344 e. The third kappa shape index (κ3) is 6.73. The predicted octanol–water partition coefficient (Wildman–Crippen LogP) is 5.41. The van der Waals surface area contributed by atoms with E-state index in [9.17, 15) is 9.59 Å². The fourth-order valence-electron chi connectivity index (χ4n) is 2.90. The van der Waals surface area contributed by atoms with E-state index in [1.54, 1.807) is 54.1 Å². The Balaban J connectivity index is 1.84. The molecule has 2 amide bonds. The molecular weight excluding hydrogens is 444 g/mol. The molecule has 0 fully saturated rings. The van der Waals surface area contributed by atoms with Gasteiger partial charge in [-0.2, -0.15) is 5.10 Å². The number of nitrogens with one attached hydrogen (secondary N) is 2. The molecule has 0 unspecified atom stereocenters. The molecule has 0 atom stereocenters. The van der Waals surface area contributed by atoms with Crippen LogP contribution in [0.25, 0.3) is 5.69 Å². The smallest absolute Gasteiger partial charge is 0.344 e. The van der Waals surface area contributed by atoms with E-state index >= 15 is 0 Å². The molecule has 0 spiro atoms. The molecule has 0 aliphatic carbocycles. The third-order valence-electron chi connectivity index (χ3n) is 4.55. The van der Waals surface area contributed by atoms with E-state index in [4.69, 9.17) is 26.2 Å². The Morgan fingerprint density at radius 2 is 1.79 bits per heavy atom. The van der Waals surface area contributed by atoms with Crippen molar-refractivity contribution in [1.29, 1.82) is 0 Å². The van der Waals surface area contributed by atoms with Crippen LogP contribution in [0.3, 0.4) is 0 Å². The van der Waals surface area contributed by atoms with Gasteiger partial charge >= 0.3 is 12.0 Å². The lowest BCUT2D eigenvalue weighted by molar-refractivity contribution is -0.145. The molecule has 1 aromatic heterocycles. The second-order valence-corrected chi connectivity index (χ2v) is 8.69. The zero-order valence-electron chi connectivity index (χ0n) is 19.0. The van der Waals surface area contributed by atoms with Crippen LogP contribution < -0.4 is 15.4 Å². The quantitative estimate of drug-likeness (QED) is 0.450. The van der Waals surface area contributed by atoms with Crippen molar-refractivity contribution >= 4 is 35.1 Å². The summed E-state index contributed by atoms with van der Waals surface area (Å²) >= 11 is 5.90. The van der Waals surface area contributed by atoms with Gasteiger partial charge in [0, 0.05) is 28.3 Å². The highest BCUT2D eigenvalue weighted by molar-refractivity contribution is 6.30. The van der Waals surface area contributed by atoms with Crippen molar-refractivity contribution in [2.24, 2.45) is 0 Å². The molecule has 8 nitrogen and oxygen atoms in total. The van der Waals surface area contributed by atoms with Crippen LogP contribution in [0.4, 0.5) is 16.3 Å². The first-order valence-corrected chi connectivity index (χ1v) is 10.9. The number of esters is 1. The van der Waals surface area contributed by atoms with Gasteiger partial charge in [-0.15, -0.1) is 0 Å². The van der Waals surface area contributed by atoms with Gasteiger partial charge in [0.15, 0.2) is 6.61 Å². The fraction of sp³-hybridized carbons (Fsp3) is 0.292. The average molecular weight is 471 g/mol. The zero-order valence-corrected chi connectivity index (χ0v) is 19.8. The number of urea groups is 1. The Kier molecular flexibility index (Phi) is 7.60. The average Bonchev–Trinajstić information content (AvgIpc) is 3.18. The lowest BCUT2D eigenvalue weighted by atomic mass is 9.92. The van der Waals surface area contributed by atoms with Gasteiger partial charge in [0.2, 0.25) is 0 Å². The maximum atomic E-state index is 12.6. The molecule has 174 valence electrons. The summed E-state index contributed by atoms with van der Waals surface area (Å²) in [6.07, 6.45) is 0. The van der Waals surface area contributed by atoms with Crippen molar-refractivity contribution in [2.75, 3.05) is 23.8 Å². The summed E-state index contributed by atoms with van der Waals surface area (Å²) in [6.45, 7) is 7.94. The van der Waals surface area contributed by atoms with Crippen LogP contribution in [0.5, 0.6) is 5.75 Å². The zero-order chi connectivity index (χ0) is 24.0. The standard InChI is InChI=1S/C24H27ClN4O4/c1-5-32-22(30)15-33-19-8-6-7-18(13-19)29-21(14-20(28-29)24(2,3)4)27-23(31)26-17-11-9-16(25)10-12-17/h6-14H,5,15H2,1-4H3,(H2,26,27,31). The number of hydrogen-bond acceptors (Lipinski definition) is 5. The lowest BCUT2D eigenvalue weighted by Crippen LogP contribution is -2.21. The Morgan fingerprint density at radius 3 is 2.45 bits per heavy atom. The highest BCUT2D eigenvalue weighted by atomic mass is 35.5. The molecule has 0 aliphatic heterocycles. The SMILES string of the molecule is CCOC(=O)COc1cccc(-n2nc(C(C)(C)C)cc2NC(=O)Nc2ccc(Cl)cc2)c1. The highest BCUT2D eigenvalue weighted by Crippen LogP contribution is 2.28. The number of hydrogen-bond donors (Lipinski definition) is 2. The summed E-state index contributed by atoms with van der Waals surface area (Å²) in [5.41, 5.74) is 1.82. The van der Waals surface area contributed by atoms with Crippen molar-refractivity contribution in [3.63, 3.8) is 0 Å². The van der Waals surface area contributed by atoms with Crippen LogP contribution in [0, 0.1) is 0 Å². The van der Waals surface area contributed by atoms with Crippen LogP contribution in [0.1, 0.15) is 33.4 Å². The second-order valence-electron chi connectivity index (χ2n) is 8.25. The Hall–Kier alpha value is -3.52. The van der Waals surface area contributed by atoms with E-state index < -0.39 is 12.0 Å². The molecule has 0 saturated heterocycles. The summed E-state index contributed by atoms with van der Waals surface area (Å²) in [5, 5.41) is 10.9. The molecular formula is C24H27ClN4O4. The summed E-state index contributed by atoms with van der Waals surface area (Å²) in [4.78, 5) is 24.2. The molecule has 0 aliphatic rings. The number of anilines is 2. The lowest BCUT2D eigenvalue weighted by Gasteiger charge is -2.14. The second kappa shape index (κ2) is 10.4. The molecule has 1 heterocycles. The van der Waals surface area contributed by atoms with E-state index in [2.05, 4.69) is 10.6 Å². The van der Waals surface area contributed by atoms with Crippen molar-refractivity contribution in [3.05, 3.63) is 65.3 Å². The van der Waals surface area contributed by atoms with E-state index in [0.717, 1.165) is 5.69 Å². The van der Waals surface area contributed by atoms with Gasteiger partial charge in [-0.3, -0.25) is 5.32 Å². The summed E-state index contributed by atoms with van der Waals surface area (Å²) in [7, 11) is 0. The first-order valence-electron chi connectivity index (χ1n) is 10.5. The van der Waals surface area contributed by atoms with Gasteiger partial charge in [-0.1, -0.05) is 38.4 Å². The van der Waals surface area contributed by atoms with E-state index in [1.807, 2.05) is 32.9 Å². The number of carbonyl (C=O) groups is 2. The Labute approximate surface area is 197 Å². The highest BCUT2D eigenvalue weighted by Gasteiger charge is 2.22. The van der Waals surface area contributed by atoms with Gasteiger partial charge in [-0.05, 0) is 43.3 Å². The van der Waals surface area contributed by atoms with Crippen molar-refractivity contribution in [2.45, 2.75) is 33.1 Å². The number of carbonyl (C=O) groups excluding carboxylic acids is 2. The Bertz CT molecular complexity index is 1120. The Morgan fingerprint density at radius 1 is 1.06 bits per heavy atom. The molecule has 0 radical (unpaired) electrons. The van der Waals surface area contributed by atoms with Crippen LogP contribution in [-0.4, -0.2) is 35.0 Å². The van der Waals surface area contributed by atoms with Crippen LogP contribution in [-0.2, 0) is 14.9 Å². The molecule has 0 bridgehead atoms. The largest absolute Gasteiger partial charge is 0.482 e. The van der Waals surface area contributed by atoms with E-state index in [0.29, 0.717) is 28.0 Å². The van der Waals surface area contributed by atoms with Gasteiger partial charge in [0.1, 0.15) is 11.6 Å². The number of nitrogens with zero attached hydrogens (tertiary/aromatic N) is 2. The van der Waals surface area contributed by atoms with Crippen molar-refractivity contribution < 1.29 is 19.1 Å². The van der Waals surface area contributed by atoms with Gasteiger partial charge < -0.3 is 14.8 Å². The molecule has 33 heavy (non-hydrogen) atoms. The third-order valence-corrected chi connectivity index (χ3v) is 4.80. The number of aromatic nitrogens is 2. The van der Waals surface area contributed by atoms with Gasteiger partial charge in [-0.25, -0.2) is 14.3 Å².